The van der Waals surface area contributed by atoms with Gasteiger partial charge in [0.05, 0.1) is 0 Å². The Hall–Kier alpha value is -1.32. The molecule has 50 valence electrons. The van der Waals surface area contributed by atoms with Crippen LogP contribution >= 0.6 is 0 Å². The van der Waals surface area contributed by atoms with Crippen LogP contribution in [0.4, 0.5) is 4.79 Å². The highest BCUT2D eigenvalue weighted by Crippen LogP contribution is 1.84. The molecule has 4 nitrogen and oxygen atoms in total. The zero-order valence-corrected chi connectivity index (χ0v) is 5.00. The fraction of sp³-hybridized carbons (Fsp3) is 0.200. The Balaban J connectivity index is 4.03. The monoisotopic (exact) mass is 129 g/mol. The SMILES string of the molecule is C=CC(=O)N(C)C(=O)O. The maximum atomic E-state index is 10.4. The lowest BCUT2D eigenvalue weighted by Gasteiger charge is -2.05. The molecule has 0 aliphatic heterocycles. The number of likely N-dealkylation sites (N-methyl/N-ethyl adjacent to an activating group) is 1. The third-order valence-electron chi connectivity index (χ3n) is 0.792. The molecule has 0 aliphatic carbocycles. The second kappa shape index (κ2) is 2.86. The molecule has 0 rings (SSSR count). The number of nitrogens with zero attached hydrogens (tertiary/aromatic N) is 1. The lowest BCUT2D eigenvalue weighted by Crippen LogP contribution is -2.29. The molecule has 0 atom stereocenters. The molecule has 0 bridgehead atoms. The first-order valence-corrected chi connectivity index (χ1v) is 2.22. The van der Waals surface area contributed by atoms with Crippen LogP contribution in [0.2, 0.25) is 0 Å². The summed E-state index contributed by atoms with van der Waals surface area (Å²) >= 11 is 0. The fourth-order valence-electron chi connectivity index (χ4n) is 0.231. The number of hydrogen-bond acceptors (Lipinski definition) is 2. The summed E-state index contributed by atoms with van der Waals surface area (Å²) < 4.78 is 0. The molecule has 0 aromatic heterocycles. The minimum atomic E-state index is -1.28. The van der Waals surface area contributed by atoms with Crippen LogP contribution in [0, 0.1) is 0 Å². The highest BCUT2D eigenvalue weighted by atomic mass is 16.4. The molecule has 0 aromatic rings. The van der Waals surface area contributed by atoms with Gasteiger partial charge in [-0.15, -0.1) is 0 Å². The summed E-state index contributed by atoms with van der Waals surface area (Å²) in [4.78, 5) is 20.9. The Bertz CT molecular complexity index is 152. The topological polar surface area (TPSA) is 57.6 Å². The summed E-state index contributed by atoms with van der Waals surface area (Å²) in [5, 5.41) is 8.14. The predicted octanol–water partition coefficient (Wildman–Crippen LogP) is 0.309. The van der Waals surface area contributed by atoms with E-state index >= 15 is 0 Å². The lowest BCUT2D eigenvalue weighted by molar-refractivity contribution is -0.122. The van der Waals surface area contributed by atoms with E-state index in [1.54, 1.807) is 0 Å². The van der Waals surface area contributed by atoms with Gasteiger partial charge in [-0.2, -0.15) is 0 Å². The van der Waals surface area contributed by atoms with Gasteiger partial charge in [0.25, 0.3) is 5.91 Å². The van der Waals surface area contributed by atoms with E-state index in [-0.39, 0.29) is 0 Å². The van der Waals surface area contributed by atoms with Gasteiger partial charge in [-0.1, -0.05) is 6.58 Å². The summed E-state index contributed by atoms with van der Waals surface area (Å²) in [6, 6.07) is 0. The Morgan fingerprint density at radius 3 is 2.22 bits per heavy atom. The van der Waals surface area contributed by atoms with E-state index in [1.807, 2.05) is 0 Å². The van der Waals surface area contributed by atoms with E-state index < -0.39 is 12.0 Å². The van der Waals surface area contributed by atoms with E-state index in [2.05, 4.69) is 6.58 Å². The molecule has 0 saturated heterocycles. The summed E-state index contributed by atoms with van der Waals surface area (Å²) in [5.74, 6) is -0.623. The Kier molecular flexibility index (Phi) is 2.44. The van der Waals surface area contributed by atoms with Crippen LogP contribution in [-0.2, 0) is 4.79 Å². The van der Waals surface area contributed by atoms with Crippen LogP contribution in [0.3, 0.4) is 0 Å². The van der Waals surface area contributed by atoms with Gasteiger partial charge in [0.1, 0.15) is 0 Å². The van der Waals surface area contributed by atoms with Crippen molar-refractivity contribution in [2.75, 3.05) is 7.05 Å². The number of carbonyl (C=O) groups excluding carboxylic acids is 1. The molecule has 0 saturated carbocycles. The largest absolute Gasteiger partial charge is 0.465 e. The molecule has 0 unspecified atom stereocenters. The van der Waals surface area contributed by atoms with Crippen molar-refractivity contribution in [1.82, 2.24) is 4.90 Å². The molecule has 0 heterocycles. The van der Waals surface area contributed by atoms with E-state index in [4.69, 9.17) is 5.11 Å². The number of carboxylic acid groups (broad SMARTS) is 1. The standard InChI is InChI=1S/C5H7NO3/c1-3-4(7)6(2)5(8)9/h3H,1H2,2H3,(H,8,9). The van der Waals surface area contributed by atoms with E-state index in [0.29, 0.717) is 4.90 Å². The fourth-order valence-corrected chi connectivity index (χ4v) is 0.231. The maximum Gasteiger partial charge on any atom is 0.414 e. The van der Waals surface area contributed by atoms with Gasteiger partial charge >= 0.3 is 6.09 Å². The molecule has 1 N–H and O–H groups in total. The molecule has 0 fully saturated rings. The number of imide groups is 1. The number of amides is 2. The van der Waals surface area contributed by atoms with E-state index in [0.717, 1.165) is 13.1 Å². The number of rotatable bonds is 1. The molecular weight excluding hydrogens is 122 g/mol. The summed E-state index contributed by atoms with van der Waals surface area (Å²) in [6.45, 7) is 3.11. The van der Waals surface area contributed by atoms with Crippen LogP contribution in [0.15, 0.2) is 12.7 Å². The van der Waals surface area contributed by atoms with Gasteiger partial charge in [0.2, 0.25) is 0 Å². The Morgan fingerprint density at radius 1 is 1.67 bits per heavy atom. The Labute approximate surface area is 52.4 Å². The van der Waals surface area contributed by atoms with Gasteiger partial charge in [0.15, 0.2) is 0 Å². The van der Waals surface area contributed by atoms with Gasteiger partial charge in [-0.05, 0) is 6.08 Å². The van der Waals surface area contributed by atoms with Crippen molar-refractivity contribution >= 4 is 12.0 Å². The molecule has 4 heteroatoms. The van der Waals surface area contributed by atoms with Gasteiger partial charge in [0, 0.05) is 7.05 Å². The van der Waals surface area contributed by atoms with Crippen molar-refractivity contribution < 1.29 is 14.7 Å². The first-order chi connectivity index (χ1) is 4.09. The van der Waals surface area contributed by atoms with E-state index in [9.17, 15) is 9.59 Å². The van der Waals surface area contributed by atoms with Crippen LogP contribution in [0.5, 0.6) is 0 Å². The zero-order chi connectivity index (χ0) is 7.44. The van der Waals surface area contributed by atoms with E-state index in [1.165, 1.54) is 0 Å². The second-order valence-electron chi connectivity index (χ2n) is 1.38. The van der Waals surface area contributed by atoms with Crippen molar-refractivity contribution in [3.63, 3.8) is 0 Å². The highest BCUT2D eigenvalue weighted by molar-refractivity contribution is 5.97. The van der Waals surface area contributed by atoms with Gasteiger partial charge in [-0.25, -0.2) is 9.69 Å². The molecule has 0 radical (unpaired) electrons. The van der Waals surface area contributed by atoms with Crippen LogP contribution in [0.1, 0.15) is 0 Å². The molecular formula is C5H7NO3. The zero-order valence-electron chi connectivity index (χ0n) is 5.00. The Morgan fingerprint density at radius 2 is 2.11 bits per heavy atom. The normalized spacial score (nSPS) is 8.11. The lowest BCUT2D eigenvalue weighted by atomic mass is 10.5. The van der Waals surface area contributed by atoms with Crippen LogP contribution < -0.4 is 0 Å². The van der Waals surface area contributed by atoms with Gasteiger partial charge in [-0.3, -0.25) is 4.79 Å². The summed E-state index contributed by atoms with van der Waals surface area (Å²) in [6.07, 6.45) is -0.339. The number of carbonyl (C=O) groups is 2. The second-order valence-corrected chi connectivity index (χ2v) is 1.38. The summed E-state index contributed by atoms with van der Waals surface area (Å²) in [7, 11) is 1.16. The molecule has 2 amide bonds. The average molecular weight is 129 g/mol. The molecule has 0 aromatic carbocycles. The molecule has 9 heavy (non-hydrogen) atoms. The maximum absolute atomic E-state index is 10.4. The average Bonchev–Trinajstić information content (AvgIpc) is 1.84. The molecule has 0 spiro atoms. The summed E-state index contributed by atoms with van der Waals surface area (Å²) in [5.41, 5.74) is 0. The predicted molar refractivity (Wildman–Crippen MR) is 31.0 cm³/mol. The van der Waals surface area contributed by atoms with Crippen molar-refractivity contribution in [2.24, 2.45) is 0 Å². The van der Waals surface area contributed by atoms with Crippen LogP contribution in [0.25, 0.3) is 0 Å². The minimum Gasteiger partial charge on any atom is -0.465 e. The quantitative estimate of drug-likeness (QED) is 0.518. The van der Waals surface area contributed by atoms with Gasteiger partial charge < -0.3 is 5.11 Å². The minimum absolute atomic E-state index is 0.549. The van der Waals surface area contributed by atoms with Crippen molar-refractivity contribution in [1.29, 1.82) is 0 Å². The van der Waals surface area contributed by atoms with Crippen molar-refractivity contribution in [3.8, 4) is 0 Å². The van der Waals surface area contributed by atoms with Crippen LogP contribution in [-0.4, -0.2) is 29.1 Å². The van der Waals surface area contributed by atoms with Crippen molar-refractivity contribution in [2.45, 2.75) is 0 Å². The third-order valence-corrected chi connectivity index (χ3v) is 0.792. The highest BCUT2D eigenvalue weighted by Gasteiger charge is 2.09. The third kappa shape index (κ3) is 1.94. The number of hydrogen-bond donors (Lipinski definition) is 1. The van der Waals surface area contributed by atoms with Crippen molar-refractivity contribution in [3.05, 3.63) is 12.7 Å². The molecule has 0 aliphatic rings. The first-order valence-electron chi connectivity index (χ1n) is 2.22. The first kappa shape index (κ1) is 7.68. The smallest absolute Gasteiger partial charge is 0.414 e.